The van der Waals surface area contributed by atoms with Gasteiger partial charge in [-0.3, -0.25) is 0 Å². The summed E-state index contributed by atoms with van der Waals surface area (Å²) in [6, 6.07) is 0.574. The van der Waals surface area contributed by atoms with E-state index in [2.05, 4.69) is 5.32 Å². The Hall–Kier alpha value is -0.730. The molecule has 2 aliphatic rings. The van der Waals surface area contributed by atoms with Crippen LogP contribution in [0.1, 0.15) is 19.3 Å². The van der Waals surface area contributed by atoms with Crippen LogP contribution in [-0.4, -0.2) is 30.1 Å². The molecule has 1 aliphatic heterocycles. The Morgan fingerprint density at radius 2 is 2.30 bits per heavy atom. The van der Waals surface area contributed by atoms with E-state index in [4.69, 9.17) is 0 Å². The third kappa shape index (κ3) is 0.958. The molecular weight excluding hydrogens is 128 g/mol. The molecule has 3 heteroatoms. The monoisotopic (exact) mass is 139 g/mol. The van der Waals surface area contributed by atoms with Gasteiger partial charge >= 0.3 is 6.03 Å². The average Bonchev–Trinajstić information content (AvgIpc) is 2.71. The van der Waals surface area contributed by atoms with Crippen molar-refractivity contribution in [1.29, 1.82) is 0 Å². The highest BCUT2D eigenvalue weighted by molar-refractivity contribution is 5.75. The van der Waals surface area contributed by atoms with Crippen LogP contribution in [0, 0.1) is 0 Å². The van der Waals surface area contributed by atoms with Gasteiger partial charge in [0.25, 0.3) is 0 Å². The number of amides is 2. The van der Waals surface area contributed by atoms with Gasteiger partial charge in [0.2, 0.25) is 0 Å². The molecule has 1 saturated heterocycles. The molecular formula is C7H11N2O. The third-order valence-corrected chi connectivity index (χ3v) is 2.04. The molecule has 0 aromatic carbocycles. The summed E-state index contributed by atoms with van der Waals surface area (Å²) in [6.07, 6.45) is 3.45. The average molecular weight is 139 g/mol. The summed E-state index contributed by atoms with van der Waals surface area (Å²) in [7, 11) is 0. The highest BCUT2D eigenvalue weighted by Gasteiger charge is 2.34. The molecule has 0 unspecified atom stereocenters. The third-order valence-electron chi connectivity index (χ3n) is 2.04. The number of carbonyl (C=O) groups is 1. The largest absolute Gasteiger partial charge is 0.339 e. The van der Waals surface area contributed by atoms with Crippen LogP contribution in [0.3, 0.4) is 0 Å². The zero-order valence-electron chi connectivity index (χ0n) is 5.92. The SMILES string of the molecule is O=C1[N]CCCN1C1CC1. The maximum Gasteiger partial charge on any atom is 0.339 e. The molecule has 2 amide bonds. The summed E-state index contributed by atoms with van der Waals surface area (Å²) in [6.45, 7) is 1.68. The van der Waals surface area contributed by atoms with Crippen molar-refractivity contribution in [1.82, 2.24) is 10.2 Å². The molecule has 0 atom stereocenters. The van der Waals surface area contributed by atoms with Gasteiger partial charge in [-0.15, -0.1) is 0 Å². The van der Waals surface area contributed by atoms with Gasteiger partial charge in [0.15, 0.2) is 0 Å². The smallest absolute Gasteiger partial charge is 0.320 e. The van der Waals surface area contributed by atoms with Crippen LogP contribution in [0.4, 0.5) is 4.79 Å². The Bertz CT molecular complexity index is 154. The molecule has 1 heterocycles. The van der Waals surface area contributed by atoms with Crippen molar-refractivity contribution in [2.75, 3.05) is 13.1 Å². The Morgan fingerprint density at radius 1 is 1.50 bits per heavy atom. The molecule has 3 nitrogen and oxygen atoms in total. The van der Waals surface area contributed by atoms with Crippen molar-refractivity contribution in [3.05, 3.63) is 0 Å². The van der Waals surface area contributed by atoms with E-state index in [-0.39, 0.29) is 6.03 Å². The lowest BCUT2D eigenvalue weighted by molar-refractivity contribution is 0.182. The summed E-state index contributed by atoms with van der Waals surface area (Å²) in [5, 5.41) is 3.86. The van der Waals surface area contributed by atoms with Crippen LogP contribution in [0.5, 0.6) is 0 Å². The van der Waals surface area contributed by atoms with E-state index in [1.54, 1.807) is 0 Å². The zero-order valence-corrected chi connectivity index (χ0v) is 5.92. The first-order valence-electron chi connectivity index (χ1n) is 3.86. The van der Waals surface area contributed by atoms with E-state index in [0.29, 0.717) is 6.04 Å². The molecule has 1 saturated carbocycles. The first-order valence-corrected chi connectivity index (χ1v) is 3.86. The topological polar surface area (TPSA) is 34.4 Å². The second-order valence-electron chi connectivity index (χ2n) is 2.94. The van der Waals surface area contributed by atoms with Gasteiger partial charge in [0.1, 0.15) is 0 Å². The highest BCUT2D eigenvalue weighted by atomic mass is 16.2. The summed E-state index contributed by atoms with van der Waals surface area (Å²) in [5.41, 5.74) is 0. The van der Waals surface area contributed by atoms with Gasteiger partial charge in [-0.1, -0.05) is 0 Å². The molecule has 55 valence electrons. The first-order chi connectivity index (χ1) is 4.88. The minimum atomic E-state index is 0.0220. The van der Waals surface area contributed by atoms with Gasteiger partial charge in [-0.05, 0) is 19.3 Å². The van der Waals surface area contributed by atoms with Crippen LogP contribution < -0.4 is 5.32 Å². The Labute approximate surface area is 60.4 Å². The summed E-state index contributed by atoms with van der Waals surface area (Å²) < 4.78 is 0. The molecule has 2 rings (SSSR count). The standard InChI is InChI=1S/C7H11N2O/c10-7-8-4-1-5-9(7)6-2-3-6/h6H,1-5H2. The maximum absolute atomic E-state index is 11.0. The predicted octanol–water partition coefficient (Wildman–Crippen LogP) is 0.579. The van der Waals surface area contributed by atoms with Gasteiger partial charge in [-0.2, -0.15) is 0 Å². The van der Waals surface area contributed by atoms with E-state index in [1.165, 1.54) is 12.8 Å². The van der Waals surface area contributed by atoms with Crippen molar-refractivity contribution in [2.45, 2.75) is 25.3 Å². The molecule has 0 bridgehead atoms. The summed E-state index contributed by atoms with van der Waals surface area (Å²) in [4.78, 5) is 12.9. The van der Waals surface area contributed by atoms with Gasteiger partial charge < -0.3 is 4.90 Å². The minimum Gasteiger partial charge on any atom is -0.320 e. The van der Waals surface area contributed by atoms with E-state index >= 15 is 0 Å². The zero-order chi connectivity index (χ0) is 6.97. The van der Waals surface area contributed by atoms with Gasteiger partial charge in [0, 0.05) is 19.1 Å². The van der Waals surface area contributed by atoms with Crippen molar-refractivity contribution >= 4 is 6.03 Å². The van der Waals surface area contributed by atoms with Crippen LogP contribution in [0.15, 0.2) is 0 Å². The summed E-state index contributed by atoms with van der Waals surface area (Å²) >= 11 is 0. The van der Waals surface area contributed by atoms with Gasteiger partial charge in [-0.25, -0.2) is 10.1 Å². The predicted molar refractivity (Wildman–Crippen MR) is 36.7 cm³/mol. The molecule has 0 N–H and O–H groups in total. The first kappa shape index (κ1) is 6.01. The Morgan fingerprint density at radius 3 is 2.90 bits per heavy atom. The van der Waals surface area contributed by atoms with Crippen molar-refractivity contribution in [3.63, 3.8) is 0 Å². The van der Waals surface area contributed by atoms with Crippen LogP contribution >= 0.6 is 0 Å². The highest BCUT2D eigenvalue weighted by Crippen LogP contribution is 2.27. The number of rotatable bonds is 1. The molecule has 0 spiro atoms. The molecule has 1 aliphatic carbocycles. The van der Waals surface area contributed by atoms with Crippen molar-refractivity contribution < 1.29 is 4.79 Å². The normalized spacial score (nSPS) is 26.4. The molecule has 1 radical (unpaired) electrons. The van der Waals surface area contributed by atoms with Crippen LogP contribution in [0.2, 0.25) is 0 Å². The fraction of sp³-hybridized carbons (Fsp3) is 0.857. The number of nitrogens with zero attached hydrogens (tertiary/aromatic N) is 2. The second-order valence-corrected chi connectivity index (χ2v) is 2.94. The second kappa shape index (κ2) is 2.15. The van der Waals surface area contributed by atoms with E-state index in [9.17, 15) is 4.79 Å². The fourth-order valence-corrected chi connectivity index (χ4v) is 1.33. The number of hydrogen-bond donors (Lipinski definition) is 0. The Kier molecular flexibility index (Phi) is 1.29. The van der Waals surface area contributed by atoms with E-state index in [1.807, 2.05) is 4.90 Å². The van der Waals surface area contributed by atoms with Crippen molar-refractivity contribution in [3.8, 4) is 0 Å². The fourth-order valence-electron chi connectivity index (χ4n) is 1.33. The van der Waals surface area contributed by atoms with E-state index < -0.39 is 0 Å². The molecule has 10 heavy (non-hydrogen) atoms. The molecule has 0 aromatic heterocycles. The van der Waals surface area contributed by atoms with Crippen LogP contribution in [0.25, 0.3) is 0 Å². The molecule has 0 aromatic rings. The maximum atomic E-state index is 11.0. The van der Waals surface area contributed by atoms with Crippen molar-refractivity contribution in [2.24, 2.45) is 0 Å². The van der Waals surface area contributed by atoms with Crippen LogP contribution in [-0.2, 0) is 0 Å². The van der Waals surface area contributed by atoms with E-state index in [0.717, 1.165) is 19.5 Å². The lowest BCUT2D eigenvalue weighted by Gasteiger charge is -2.25. The van der Waals surface area contributed by atoms with Gasteiger partial charge in [0.05, 0.1) is 0 Å². The lowest BCUT2D eigenvalue weighted by Crippen LogP contribution is -2.43. The number of hydrogen-bond acceptors (Lipinski definition) is 1. The minimum absolute atomic E-state index is 0.0220. The summed E-state index contributed by atoms with van der Waals surface area (Å²) in [5.74, 6) is 0. The number of urea groups is 1. The lowest BCUT2D eigenvalue weighted by atomic mass is 10.3. The quantitative estimate of drug-likeness (QED) is 0.523. The molecule has 2 fully saturated rings. The number of carbonyl (C=O) groups excluding carboxylic acids is 1. The Balaban J connectivity index is 1.96.